The summed E-state index contributed by atoms with van der Waals surface area (Å²) in [6.45, 7) is 1.82. The number of nitrogens with one attached hydrogen (secondary N) is 1. The van der Waals surface area contributed by atoms with Crippen LogP contribution in [0.2, 0.25) is 0 Å². The third-order valence-corrected chi connectivity index (χ3v) is 5.75. The van der Waals surface area contributed by atoms with Crippen LogP contribution in [0.3, 0.4) is 0 Å². The summed E-state index contributed by atoms with van der Waals surface area (Å²) in [6.07, 6.45) is -4.00. The van der Waals surface area contributed by atoms with E-state index in [1.165, 1.54) is 0 Å². The summed E-state index contributed by atoms with van der Waals surface area (Å²) in [6, 6.07) is 4.75. The first-order valence-electron chi connectivity index (χ1n) is 11.3. The molecule has 14 heteroatoms. The van der Waals surface area contributed by atoms with Crippen LogP contribution in [-0.2, 0) is 11.2 Å². The van der Waals surface area contributed by atoms with Crippen molar-refractivity contribution < 1.29 is 63.9 Å². The highest BCUT2D eigenvalue weighted by molar-refractivity contribution is 5.91. The third-order valence-electron chi connectivity index (χ3n) is 5.75. The summed E-state index contributed by atoms with van der Waals surface area (Å²) in [5.74, 6) is -9.41. The van der Waals surface area contributed by atoms with Gasteiger partial charge in [0, 0.05) is 42.3 Å². The molecule has 13 nitrogen and oxygen atoms in total. The molecule has 4 rings (SSSR count). The van der Waals surface area contributed by atoms with Crippen LogP contribution in [0.15, 0.2) is 30.3 Å². The van der Waals surface area contributed by atoms with Gasteiger partial charge in [0.1, 0.15) is 28.9 Å². The molecule has 2 atom stereocenters. The molecule has 8 N–H and O–H groups in total. The van der Waals surface area contributed by atoms with Crippen molar-refractivity contribution in [3.8, 4) is 51.7 Å². The summed E-state index contributed by atoms with van der Waals surface area (Å²) in [7, 11) is 0. The Labute approximate surface area is 218 Å². The Bertz CT molecular complexity index is 1450. The second-order valence-electron chi connectivity index (χ2n) is 8.39. The second-order valence-corrected chi connectivity index (χ2v) is 8.39. The zero-order chi connectivity index (χ0) is 28.6. The first kappa shape index (κ1) is 26.8. The molecule has 0 aliphatic carbocycles. The van der Waals surface area contributed by atoms with E-state index in [0.29, 0.717) is 6.07 Å². The van der Waals surface area contributed by atoms with Crippen molar-refractivity contribution in [1.82, 2.24) is 5.32 Å². The molecule has 1 aliphatic rings. The number of hydrogen-bond acceptors (Lipinski definition) is 12. The number of carbonyl (C=O) groups excluding carboxylic acids is 2. The summed E-state index contributed by atoms with van der Waals surface area (Å²) >= 11 is 0. The topological polar surface area (TPSA) is 215 Å². The number of rotatable bonds is 5. The molecule has 0 spiro atoms. The number of aromatic hydroxyl groups is 7. The van der Waals surface area contributed by atoms with Crippen LogP contribution < -0.4 is 14.8 Å². The molecule has 0 saturated heterocycles. The van der Waals surface area contributed by atoms with Gasteiger partial charge >= 0.3 is 12.1 Å². The first-order chi connectivity index (χ1) is 18.4. The van der Waals surface area contributed by atoms with Crippen LogP contribution in [0.4, 0.5) is 9.18 Å². The number of carbonyl (C=O) groups is 2. The van der Waals surface area contributed by atoms with Gasteiger partial charge in [0.05, 0.1) is 0 Å². The number of benzene rings is 3. The van der Waals surface area contributed by atoms with Gasteiger partial charge < -0.3 is 55.3 Å². The molecule has 3 aromatic carbocycles. The van der Waals surface area contributed by atoms with Gasteiger partial charge in [0.2, 0.25) is 11.5 Å². The average Bonchev–Trinajstić information content (AvgIpc) is 2.87. The molecule has 1 aliphatic heterocycles. The number of halogens is 1. The van der Waals surface area contributed by atoms with E-state index in [-0.39, 0.29) is 35.6 Å². The SMILES string of the molecule is CCNC(=O)Oc1c(O)cc([C@H]2Oc3cc(O)cc(O)c3CC2OC(=O)c2cc(O)c(O)c(O)c2F)cc1O. The number of fused-ring (bicyclic) bond motifs is 1. The molecule has 3 aromatic rings. The Kier molecular flexibility index (Phi) is 7.03. The molecule has 0 radical (unpaired) electrons. The number of phenols is 7. The van der Waals surface area contributed by atoms with E-state index < -0.39 is 75.9 Å². The first-order valence-corrected chi connectivity index (χ1v) is 11.3. The quantitative estimate of drug-likeness (QED) is 0.171. The van der Waals surface area contributed by atoms with Crippen molar-refractivity contribution in [1.29, 1.82) is 0 Å². The van der Waals surface area contributed by atoms with Gasteiger partial charge in [0.25, 0.3) is 0 Å². The van der Waals surface area contributed by atoms with Crippen molar-refractivity contribution in [2.75, 3.05) is 6.54 Å². The number of ether oxygens (including phenoxy) is 3. The van der Waals surface area contributed by atoms with Crippen LogP contribution in [0.1, 0.15) is 34.5 Å². The van der Waals surface area contributed by atoms with Gasteiger partial charge in [-0.15, -0.1) is 0 Å². The standard InChI is InChI=1S/C25H22FNO12/c1-2-27-25(36)39-23-15(31)3-9(4-16(23)32)22-18(8-11-13(29)5-10(28)6-17(11)37-22)38-24(35)12-7-14(30)20(33)21(34)19(12)26/h3-7,18,22,28-34H,2,8H2,1H3,(H,27,36)/t18?,22-/m1/s1. The molecular weight excluding hydrogens is 525 g/mol. The number of esters is 1. The van der Waals surface area contributed by atoms with E-state index in [0.717, 1.165) is 24.3 Å². The summed E-state index contributed by atoms with van der Waals surface area (Å²) in [4.78, 5) is 24.6. The lowest BCUT2D eigenvalue weighted by Crippen LogP contribution is -2.35. The molecule has 1 amide bonds. The fourth-order valence-corrected chi connectivity index (χ4v) is 3.97. The molecule has 1 heterocycles. The molecule has 0 aromatic heterocycles. The molecular formula is C25H22FNO12. The van der Waals surface area contributed by atoms with Gasteiger partial charge in [-0.25, -0.2) is 14.0 Å². The number of hydrogen-bond donors (Lipinski definition) is 8. The Morgan fingerprint density at radius 3 is 2.26 bits per heavy atom. The van der Waals surface area contributed by atoms with Crippen LogP contribution in [0, 0.1) is 5.82 Å². The predicted octanol–water partition coefficient (Wildman–Crippen LogP) is 2.78. The molecule has 39 heavy (non-hydrogen) atoms. The zero-order valence-corrected chi connectivity index (χ0v) is 20.0. The van der Waals surface area contributed by atoms with Crippen molar-refractivity contribution in [2.45, 2.75) is 25.6 Å². The number of phenolic OH excluding ortho intramolecular Hbond substituents is 7. The molecule has 206 valence electrons. The molecule has 1 unspecified atom stereocenters. The van der Waals surface area contributed by atoms with Gasteiger partial charge in [0.15, 0.2) is 34.9 Å². The monoisotopic (exact) mass is 547 g/mol. The van der Waals surface area contributed by atoms with Crippen molar-refractivity contribution in [3.63, 3.8) is 0 Å². The van der Waals surface area contributed by atoms with Crippen LogP contribution in [0.25, 0.3) is 0 Å². The Hall–Kier alpha value is -5.27. The highest BCUT2D eigenvalue weighted by atomic mass is 19.1. The highest BCUT2D eigenvalue weighted by Gasteiger charge is 2.38. The van der Waals surface area contributed by atoms with E-state index in [2.05, 4.69) is 5.32 Å². The average molecular weight is 547 g/mol. The predicted molar refractivity (Wildman–Crippen MR) is 127 cm³/mol. The normalized spacial score (nSPS) is 16.1. The minimum Gasteiger partial charge on any atom is -0.508 e. The zero-order valence-electron chi connectivity index (χ0n) is 20.0. The maximum atomic E-state index is 14.5. The van der Waals surface area contributed by atoms with E-state index in [4.69, 9.17) is 14.2 Å². The van der Waals surface area contributed by atoms with Crippen molar-refractivity contribution in [3.05, 3.63) is 52.8 Å². The molecule has 0 bridgehead atoms. The Morgan fingerprint density at radius 1 is 0.949 bits per heavy atom. The van der Waals surface area contributed by atoms with Crippen LogP contribution in [0.5, 0.6) is 51.7 Å². The van der Waals surface area contributed by atoms with E-state index in [1.807, 2.05) is 0 Å². The van der Waals surface area contributed by atoms with E-state index >= 15 is 0 Å². The smallest absolute Gasteiger partial charge is 0.412 e. The molecule has 0 saturated carbocycles. The van der Waals surface area contributed by atoms with Gasteiger partial charge in [-0.3, -0.25) is 0 Å². The largest absolute Gasteiger partial charge is 0.508 e. The lowest BCUT2D eigenvalue weighted by molar-refractivity contribution is -0.0193. The van der Waals surface area contributed by atoms with Gasteiger partial charge in [-0.05, 0) is 19.1 Å². The van der Waals surface area contributed by atoms with Crippen molar-refractivity contribution in [2.24, 2.45) is 0 Å². The van der Waals surface area contributed by atoms with Gasteiger partial charge in [-0.1, -0.05) is 0 Å². The lowest BCUT2D eigenvalue weighted by atomic mass is 9.93. The summed E-state index contributed by atoms with van der Waals surface area (Å²) in [5.41, 5.74) is -0.890. The minimum absolute atomic E-state index is 0.0311. The number of amides is 1. The minimum atomic E-state index is -1.58. The van der Waals surface area contributed by atoms with E-state index in [1.54, 1.807) is 6.92 Å². The maximum Gasteiger partial charge on any atom is 0.412 e. The van der Waals surface area contributed by atoms with Crippen LogP contribution >= 0.6 is 0 Å². The third kappa shape index (κ3) is 5.12. The second kappa shape index (κ2) is 10.2. The highest BCUT2D eigenvalue weighted by Crippen LogP contribution is 2.46. The fourth-order valence-electron chi connectivity index (χ4n) is 3.97. The van der Waals surface area contributed by atoms with Crippen LogP contribution in [-0.4, -0.2) is 60.5 Å². The Balaban J connectivity index is 1.74. The molecule has 0 fully saturated rings. The Morgan fingerprint density at radius 2 is 1.62 bits per heavy atom. The van der Waals surface area contributed by atoms with Crippen molar-refractivity contribution >= 4 is 12.1 Å². The summed E-state index contributed by atoms with van der Waals surface area (Å²) < 4.78 is 30.6. The van der Waals surface area contributed by atoms with Gasteiger partial charge in [-0.2, -0.15) is 0 Å². The lowest BCUT2D eigenvalue weighted by Gasteiger charge is -2.34. The van der Waals surface area contributed by atoms with E-state index in [9.17, 15) is 49.7 Å². The summed E-state index contributed by atoms with van der Waals surface area (Å²) in [5, 5.41) is 72.2. The fraction of sp³-hybridized carbons (Fsp3) is 0.200. The maximum absolute atomic E-state index is 14.5.